The van der Waals surface area contributed by atoms with Crippen LogP contribution in [-0.2, 0) is 13.1 Å². The molecule has 2 aromatic rings. The van der Waals surface area contributed by atoms with Crippen LogP contribution in [0, 0.1) is 0 Å². The first kappa shape index (κ1) is 13.9. The first-order valence-corrected chi connectivity index (χ1v) is 6.59. The van der Waals surface area contributed by atoms with Gasteiger partial charge in [0.2, 0.25) is 0 Å². The van der Waals surface area contributed by atoms with Gasteiger partial charge in [0, 0.05) is 50.4 Å². The minimum atomic E-state index is 0.858. The fraction of sp³-hybridized carbons (Fsp3) is 0.429. The summed E-state index contributed by atoms with van der Waals surface area (Å²) in [5, 5.41) is 10.1. The van der Waals surface area contributed by atoms with Crippen LogP contribution in [0.15, 0.2) is 46.0 Å². The maximum absolute atomic E-state index is 5.00. The monoisotopic (exact) mass is 263 g/mol. The summed E-state index contributed by atoms with van der Waals surface area (Å²) in [6.07, 6.45) is 6.92. The van der Waals surface area contributed by atoms with Crippen molar-refractivity contribution in [3.8, 4) is 0 Å². The highest BCUT2D eigenvalue weighted by molar-refractivity contribution is 5.04. The first-order chi connectivity index (χ1) is 9.45. The summed E-state index contributed by atoms with van der Waals surface area (Å²) in [4.78, 5) is 0. The van der Waals surface area contributed by atoms with E-state index in [9.17, 15) is 0 Å². The molecule has 2 rings (SSSR count). The summed E-state index contributed by atoms with van der Waals surface area (Å²) in [6.45, 7) is 5.55. The summed E-state index contributed by atoms with van der Waals surface area (Å²) in [5.41, 5.74) is 2.36. The van der Waals surface area contributed by atoms with Gasteiger partial charge in [-0.3, -0.25) is 0 Å². The number of rotatable bonds is 10. The Hall–Kier alpha value is -1.56. The van der Waals surface area contributed by atoms with Gasteiger partial charge in [0.05, 0.1) is 25.1 Å². The van der Waals surface area contributed by atoms with E-state index in [-0.39, 0.29) is 0 Å². The minimum absolute atomic E-state index is 0.858. The molecule has 104 valence electrons. The van der Waals surface area contributed by atoms with Gasteiger partial charge in [-0.25, -0.2) is 0 Å². The van der Waals surface area contributed by atoms with Crippen molar-refractivity contribution >= 4 is 0 Å². The van der Waals surface area contributed by atoms with Crippen molar-refractivity contribution in [2.45, 2.75) is 13.1 Å². The second kappa shape index (κ2) is 8.53. The molecule has 3 N–H and O–H groups in total. The molecule has 0 bridgehead atoms. The summed E-state index contributed by atoms with van der Waals surface area (Å²) in [6, 6.07) is 3.94. The molecule has 0 radical (unpaired) electrons. The quantitative estimate of drug-likeness (QED) is 0.565. The van der Waals surface area contributed by atoms with Crippen molar-refractivity contribution in [1.29, 1.82) is 0 Å². The average molecular weight is 263 g/mol. The summed E-state index contributed by atoms with van der Waals surface area (Å²) in [5.74, 6) is 0. The van der Waals surface area contributed by atoms with E-state index < -0.39 is 0 Å². The van der Waals surface area contributed by atoms with Gasteiger partial charge in [-0.1, -0.05) is 0 Å². The normalized spacial score (nSPS) is 10.9. The molecule has 0 spiro atoms. The predicted molar refractivity (Wildman–Crippen MR) is 73.7 cm³/mol. The van der Waals surface area contributed by atoms with E-state index in [1.165, 1.54) is 11.1 Å². The fourth-order valence-electron chi connectivity index (χ4n) is 1.73. The molecule has 19 heavy (non-hydrogen) atoms. The molecule has 0 fully saturated rings. The van der Waals surface area contributed by atoms with Gasteiger partial charge in [-0.2, -0.15) is 0 Å². The molecule has 0 unspecified atom stereocenters. The molecule has 5 heteroatoms. The average Bonchev–Trinajstić information content (AvgIpc) is 3.10. The van der Waals surface area contributed by atoms with Crippen LogP contribution in [0.2, 0.25) is 0 Å². The van der Waals surface area contributed by atoms with Crippen LogP contribution in [0.4, 0.5) is 0 Å². The van der Waals surface area contributed by atoms with Crippen molar-refractivity contribution < 1.29 is 8.83 Å². The van der Waals surface area contributed by atoms with Gasteiger partial charge >= 0.3 is 0 Å². The van der Waals surface area contributed by atoms with E-state index in [4.69, 9.17) is 8.83 Å². The standard InChI is InChI=1S/C14H21N3O2/c1-7-18-11-13(1)9-16-5-3-15-4-6-17-10-14-2-8-19-12-14/h1-2,7-8,11-12,15-17H,3-6,9-10H2. The Bertz CT molecular complexity index is 372. The third-order valence-electron chi connectivity index (χ3n) is 2.78. The molecule has 0 aliphatic heterocycles. The summed E-state index contributed by atoms with van der Waals surface area (Å²) < 4.78 is 9.99. The lowest BCUT2D eigenvalue weighted by molar-refractivity contribution is 0.552. The predicted octanol–water partition coefficient (Wildman–Crippen LogP) is 1.34. The van der Waals surface area contributed by atoms with Crippen molar-refractivity contribution in [1.82, 2.24) is 16.0 Å². The Labute approximate surface area is 113 Å². The molecular formula is C14H21N3O2. The van der Waals surface area contributed by atoms with Crippen molar-refractivity contribution in [2.75, 3.05) is 26.2 Å². The van der Waals surface area contributed by atoms with Crippen LogP contribution in [0.3, 0.4) is 0 Å². The molecule has 0 saturated heterocycles. The highest BCUT2D eigenvalue weighted by atomic mass is 16.3. The first-order valence-electron chi connectivity index (χ1n) is 6.59. The number of furan rings is 2. The van der Waals surface area contributed by atoms with E-state index in [2.05, 4.69) is 16.0 Å². The van der Waals surface area contributed by atoms with Gasteiger partial charge in [0.15, 0.2) is 0 Å². The minimum Gasteiger partial charge on any atom is -0.472 e. The fourth-order valence-corrected chi connectivity index (χ4v) is 1.73. The third-order valence-corrected chi connectivity index (χ3v) is 2.78. The largest absolute Gasteiger partial charge is 0.472 e. The van der Waals surface area contributed by atoms with Crippen LogP contribution in [0.5, 0.6) is 0 Å². The van der Waals surface area contributed by atoms with Gasteiger partial charge in [0.25, 0.3) is 0 Å². The van der Waals surface area contributed by atoms with E-state index in [1.54, 1.807) is 25.1 Å². The van der Waals surface area contributed by atoms with Gasteiger partial charge in [-0.05, 0) is 12.1 Å². The molecule has 2 heterocycles. The number of nitrogens with one attached hydrogen (secondary N) is 3. The second-order valence-electron chi connectivity index (χ2n) is 4.37. The Kier molecular flexibility index (Phi) is 6.22. The van der Waals surface area contributed by atoms with Gasteiger partial charge in [0.1, 0.15) is 0 Å². The zero-order valence-corrected chi connectivity index (χ0v) is 11.0. The van der Waals surface area contributed by atoms with E-state index in [0.29, 0.717) is 0 Å². The smallest absolute Gasteiger partial charge is 0.0947 e. The molecule has 0 saturated carbocycles. The molecule has 2 aromatic heterocycles. The highest BCUT2D eigenvalue weighted by Gasteiger charge is 1.94. The molecule has 0 aliphatic carbocycles. The molecular weight excluding hydrogens is 242 g/mol. The topological polar surface area (TPSA) is 62.4 Å². The Morgan fingerprint density at radius 2 is 1.16 bits per heavy atom. The van der Waals surface area contributed by atoms with Crippen molar-refractivity contribution in [3.63, 3.8) is 0 Å². The number of hydrogen-bond donors (Lipinski definition) is 3. The molecule has 0 aliphatic rings. The van der Waals surface area contributed by atoms with E-state index in [1.807, 2.05) is 12.1 Å². The lowest BCUT2D eigenvalue weighted by Crippen LogP contribution is -2.32. The van der Waals surface area contributed by atoms with Crippen molar-refractivity contribution in [2.24, 2.45) is 0 Å². The molecule has 0 aromatic carbocycles. The SMILES string of the molecule is c1cc(CNCCNCCNCc2ccoc2)co1. The van der Waals surface area contributed by atoms with Crippen LogP contribution >= 0.6 is 0 Å². The maximum atomic E-state index is 5.00. The second-order valence-corrected chi connectivity index (χ2v) is 4.37. The lowest BCUT2D eigenvalue weighted by Gasteiger charge is -2.06. The summed E-state index contributed by atoms with van der Waals surface area (Å²) >= 11 is 0. The maximum Gasteiger partial charge on any atom is 0.0947 e. The Morgan fingerprint density at radius 1 is 0.684 bits per heavy atom. The zero-order valence-electron chi connectivity index (χ0n) is 11.0. The van der Waals surface area contributed by atoms with E-state index >= 15 is 0 Å². The van der Waals surface area contributed by atoms with Gasteiger partial charge in [-0.15, -0.1) is 0 Å². The third kappa shape index (κ3) is 5.74. The van der Waals surface area contributed by atoms with Crippen LogP contribution in [0.25, 0.3) is 0 Å². The van der Waals surface area contributed by atoms with Crippen LogP contribution < -0.4 is 16.0 Å². The highest BCUT2D eigenvalue weighted by Crippen LogP contribution is 1.98. The lowest BCUT2D eigenvalue weighted by atomic mass is 10.3. The Morgan fingerprint density at radius 3 is 1.58 bits per heavy atom. The summed E-state index contributed by atoms with van der Waals surface area (Å²) in [7, 11) is 0. The molecule has 5 nitrogen and oxygen atoms in total. The van der Waals surface area contributed by atoms with Crippen LogP contribution in [-0.4, -0.2) is 26.2 Å². The van der Waals surface area contributed by atoms with Crippen molar-refractivity contribution in [3.05, 3.63) is 48.3 Å². The van der Waals surface area contributed by atoms with E-state index in [0.717, 1.165) is 39.3 Å². The number of hydrogen-bond acceptors (Lipinski definition) is 5. The Balaban J connectivity index is 1.36. The van der Waals surface area contributed by atoms with Crippen LogP contribution in [0.1, 0.15) is 11.1 Å². The molecule has 0 amide bonds. The molecule has 0 atom stereocenters. The van der Waals surface area contributed by atoms with Gasteiger partial charge < -0.3 is 24.8 Å². The zero-order chi connectivity index (χ0) is 13.2.